The van der Waals surface area contributed by atoms with Crippen molar-refractivity contribution in [1.82, 2.24) is 4.98 Å². The Bertz CT molecular complexity index is 1020. The van der Waals surface area contributed by atoms with Crippen molar-refractivity contribution in [3.63, 3.8) is 0 Å². The van der Waals surface area contributed by atoms with Gasteiger partial charge in [-0.2, -0.15) is 0 Å². The van der Waals surface area contributed by atoms with Gasteiger partial charge in [-0.05, 0) is 17.7 Å². The molecule has 3 rings (SSSR count). The van der Waals surface area contributed by atoms with Gasteiger partial charge in [0.05, 0.1) is 10.5 Å². The Morgan fingerprint density at radius 2 is 2.07 bits per heavy atom. The molecule has 1 N–H and O–H groups in total. The lowest BCUT2D eigenvalue weighted by molar-refractivity contribution is -0.384. The number of nitrogens with zero attached hydrogens (tertiary/aromatic N) is 2. The summed E-state index contributed by atoms with van der Waals surface area (Å²) >= 11 is 1.27. The maximum atomic E-state index is 12.0. The van der Waals surface area contributed by atoms with E-state index in [1.807, 2.05) is 0 Å². The Morgan fingerprint density at radius 1 is 1.25 bits per heavy atom. The number of aromatic nitrogens is 1. The van der Waals surface area contributed by atoms with Gasteiger partial charge in [-0.1, -0.05) is 24.3 Å². The van der Waals surface area contributed by atoms with E-state index in [-0.39, 0.29) is 12.3 Å². The molecule has 0 aliphatic rings. The van der Waals surface area contributed by atoms with Gasteiger partial charge in [0.2, 0.25) is 0 Å². The number of hydrogen-bond acceptors (Lipinski definition) is 7. The van der Waals surface area contributed by atoms with Gasteiger partial charge < -0.3 is 4.74 Å². The molecule has 28 heavy (non-hydrogen) atoms. The number of nitrogens with one attached hydrogen (secondary N) is 1. The molecule has 0 aliphatic heterocycles. The molecular weight excluding hydrogens is 382 g/mol. The minimum absolute atomic E-state index is 0.0308. The van der Waals surface area contributed by atoms with E-state index in [0.29, 0.717) is 29.2 Å². The minimum Gasteiger partial charge on any atom is -0.483 e. The minimum atomic E-state index is -0.440. The molecule has 3 aromatic rings. The fourth-order valence-corrected chi connectivity index (χ4v) is 3.30. The highest BCUT2D eigenvalue weighted by Crippen LogP contribution is 2.23. The first-order valence-electron chi connectivity index (χ1n) is 8.20. The second-order valence-electron chi connectivity index (χ2n) is 5.73. The van der Waals surface area contributed by atoms with Crippen LogP contribution in [0.2, 0.25) is 0 Å². The molecule has 142 valence electrons. The first-order valence-corrected chi connectivity index (χ1v) is 9.01. The molecule has 0 spiro atoms. The number of non-ortho nitro benzene ring substituents is 1. The molecule has 0 fully saturated rings. The van der Waals surface area contributed by atoms with Crippen molar-refractivity contribution in [3.05, 3.63) is 80.8 Å². The van der Waals surface area contributed by atoms with E-state index < -0.39 is 10.8 Å². The molecule has 0 bridgehead atoms. The van der Waals surface area contributed by atoms with Crippen LogP contribution in [-0.4, -0.2) is 28.7 Å². The number of rotatable bonds is 8. The molecule has 0 saturated heterocycles. The Morgan fingerprint density at radius 3 is 2.86 bits per heavy atom. The summed E-state index contributed by atoms with van der Waals surface area (Å²) in [5.74, 6) is -0.0740. The SMILES string of the molecule is O=Cc1ccccc1OCC(=O)Nc1ncc(Cc2cccc([N+](=O)[O-])c2)s1. The Balaban J connectivity index is 1.57. The lowest BCUT2D eigenvalue weighted by atomic mass is 10.1. The van der Waals surface area contributed by atoms with Crippen LogP contribution < -0.4 is 10.1 Å². The van der Waals surface area contributed by atoms with Crippen LogP contribution in [0.3, 0.4) is 0 Å². The molecule has 0 radical (unpaired) electrons. The Kier molecular flexibility index (Phi) is 6.07. The summed E-state index contributed by atoms with van der Waals surface area (Å²) in [4.78, 5) is 38.4. The molecule has 0 atom stereocenters. The average Bonchev–Trinajstić information content (AvgIpc) is 3.13. The Hall–Kier alpha value is -3.59. The number of benzene rings is 2. The van der Waals surface area contributed by atoms with Crippen LogP contribution in [-0.2, 0) is 11.2 Å². The zero-order valence-corrected chi connectivity index (χ0v) is 15.3. The first-order chi connectivity index (χ1) is 13.5. The zero-order valence-electron chi connectivity index (χ0n) is 14.5. The van der Waals surface area contributed by atoms with Gasteiger partial charge in [-0.25, -0.2) is 4.98 Å². The van der Waals surface area contributed by atoms with E-state index in [4.69, 9.17) is 4.74 Å². The fraction of sp³-hybridized carbons (Fsp3) is 0.105. The van der Waals surface area contributed by atoms with Crippen LogP contribution in [0.4, 0.5) is 10.8 Å². The summed E-state index contributed by atoms with van der Waals surface area (Å²) in [6, 6.07) is 13.0. The molecule has 1 amide bonds. The molecule has 1 aromatic heterocycles. The van der Waals surface area contributed by atoms with Crippen molar-refractivity contribution in [1.29, 1.82) is 0 Å². The monoisotopic (exact) mass is 397 g/mol. The third kappa shape index (κ3) is 4.98. The fourth-order valence-electron chi connectivity index (χ4n) is 2.44. The Labute approximate surface area is 164 Å². The largest absolute Gasteiger partial charge is 0.483 e. The van der Waals surface area contributed by atoms with E-state index in [1.54, 1.807) is 42.6 Å². The van der Waals surface area contributed by atoms with Crippen LogP contribution in [0.1, 0.15) is 20.8 Å². The van der Waals surface area contributed by atoms with Gasteiger partial charge in [0.15, 0.2) is 18.0 Å². The quantitative estimate of drug-likeness (QED) is 0.354. The zero-order chi connectivity index (χ0) is 19.9. The summed E-state index contributed by atoms with van der Waals surface area (Å²) in [5.41, 5.74) is 1.18. The summed E-state index contributed by atoms with van der Waals surface area (Å²) in [6.45, 7) is -0.259. The van der Waals surface area contributed by atoms with Crippen LogP contribution in [0.15, 0.2) is 54.7 Å². The number of aldehydes is 1. The van der Waals surface area contributed by atoms with Crippen LogP contribution in [0.25, 0.3) is 0 Å². The maximum absolute atomic E-state index is 12.0. The lowest BCUT2D eigenvalue weighted by Gasteiger charge is -2.07. The van der Waals surface area contributed by atoms with E-state index in [9.17, 15) is 19.7 Å². The van der Waals surface area contributed by atoms with E-state index in [1.165, 1.54) is 23.5 Å². The number of carbonyl (C=O) groups is 2. The van der Waals surface area contributed by atoms with Gasteiger partial charge in [-0.15, -0.1) is 11.3 Å². The standard InChI is InChI=1S/C19H15N3O5S/c23-11-14-5-1-2-7-17(14)27-12-18(24)21-19-20-10-16(28-19)9-13-4-3-6-15(8-13)22(25)26/h1-8,10-11H,9,12H2,(H,20,21,24). The number of ether oxygens (including phenoxy) is 1. The van der Waals surface area contributed by atoms with Gasteiger partial charge in [0, 0.05) is 29.6 Å². The summed E-state index contributed by atoms with van der Waals surface area (Å²) in [6.07, 6.45) is 2.74. The van der Waals surface area contributed by atoms with Crippen molar-refractivity contribution in [2.75, 3.05) is 11.9 Å². The topological polar surface area (TPSA) is 111 Å². The van der Waals surface area contributed by atoms with Crippen LogP contribution >= 0.6 is 11.3 Å². The van der Waals surface area contributed by atoms with Gasteiger partial charge in [0.1, 0.15) is 5.75 Å². The number of thiazole rings is 1. The van der Waals surface area contributed by atoms with Gasteiger partial charge >= 0.3 is 0 Å². The number of carbonyl (C=O) groups excluding carboxylic acids is 2. The van der Waals surface area contributed by atoms with E-state index in [0.717, 1.165) is 10.4 Å². The molecular formula is C19H15N3O5S. The number of amides is 1. The highest BCUT2D eigenvalue weighted by atomic mass is 32.1. The number of anilines is 1. The molecule has 0 saturated carbocycles. The molecule has 8 nitrogen and oxygen atoms in total. The summed E-state index contributed by atoms with van der Waals surface area (Å²) in [5, 5.41) is 13.9. The van der Waals surface area contributed by atoms with Gasteiger partial charge in [0.25, 0.3) is 11.6 Å². The molecule has 9 heteroatoms. The summed E-state index contributed by atoms with van der Waals surface area (Å²) < 4.78 is 5.37. The summed E-state index contributed by atoms with van der Waals surface area (Å²) in [7, 11) is 0. The lowest BCUT2D eigenvalue weighted by Crippen LogP contribution is -2.20. The van der Waals surface area contributed by atoms with Crippen molar-refractivity contribution >= 4 is 34.3 Å². The van der Waals surface area contributed by atoms with Crippen LogP contribution in [0.5, 0.6) is 5.75 Å². The predicted molar refractivity (Wildman–Crippen MR) is 104 cm³/mol. The van der Waals surface area contributed by atoms with Crippen LogP contribution in [0, 0.1) is 10.1 Å². The first kappa shape index (κ1) is 19.2. The highest BCUT2D eigenvalue weighted by molar-refractivity contribution is 7.15. The molecule has 0 unspecified atom stereocenters. The third-order valence-corrected chi connectivity index (χ3v) is 4.62. The molecule has 1 heterocycles. The van der Waals surface area contributed by atoms with Crippen molar-refractivity contribution in [3.8, 4) is 5.75 Å². The second kappa shape index (κ2) is 8.87. The molecule has 2 aromatic carbocycles. The second-order valence-corrected chi connectivity index (χ2v) is 6.84. The molecule has 0 aliphatic carbocycles. The van der Waals surface area contributed by atoms with Crippen molar-refractivity contribution < 1.29 is 19.2 Å². The average molecular weight is 397 g/mol. The smallest absolute Gasteiger partial charge is 0.269 e. The van der Waals surface area contributed by atoms with Crippen molar-refractivity contribution in [2.24, 2.45) is 0 Å². The number of nitro benzene ring substituents is 1. The highest BCUT2D eigenvalue weighted by Gasteiger charge is 2.11. The van der Waals surface area contributed by atoms with E-state index >= 15 is 0 Å². The van der Waals surface area contributed by atoms with Gasteiger partial charge in [-0.3, -0.25) is 25.0 Å². The normalized spacial score (nSPS) is 10.3. The predicted octanol–water partition coefficient (Wildman–Crippen LogP) is 3.47. The van der Waals surface area contributed by atoms with E-state index in [2.05, 4.69) is 10.3 Å². The number of para-hydroxylation sites is 1. The number of hydrogen-bond donors (Lipinski definition) is 1. The maximum Gasteiger partial charge on any atom is 0.269 e. The number of nitro groups is 1. The third-order valence-electron chi connectivity index (χ3n) is 3.70. The van der Waals surface area contributed by atoms with Crippen molar-refractivity contribution in [2.45, 2.75) is 6.42 Å².